The minimum Gasteiger partial charge on any atom is -0.422 e. The molecule has 0 aliphatic heterocycles. The maximum absolute atomic E-state index is 12.2. The Morgan fingerprint density at radius 3 is 2.50 bits per heavy atom. The summed E-state index contributed by atoms with van der Waals surface area (Å²) >= 11 is 13.1. The fourth-order valence-electron chi connectivity index (χ4n) is 1.84. The Kier molecular flexibility index (Phi) is 4.43. The average molecular weight is 350 g/mol. The van der Waals surface area contributed by atoms with Gasteiger partial charge < -0.3 is 4.74 Å². The van der Waals surface area contributed by atoms with Crippen molar-refractivity contribution in [1.29, 1.82) is 0 Å². The Bertz CT molecular complexity index is 798. The summed E-state index contributed by atoms with van der Waals surface area (Å²) in [5, 5.41) is 0.825. The molecule has 0 aliphatic carbocycles. The topological polar surface area (TPSA) is 39.2 Å². The summed E-state index contributed by atoms with van der Waals surface area (Å²) in [6.07, 6.45) is 1.71. The number of benzene rings is 1. The number of carbonyl (C=O) groups excluding carboxylic acids is 1. The highest BCUT2D eigenvalue weighted by atomic mass is 35.5. The molecule has 0 atom stereocenters. The van der Waals surface area contributed by atoms with Crippen LogP contribution in [0.4, 0.5) is 0 Å². The Morgan fingerprint density at radius 1 is 1.05 bits per heavy atom. The van der Waals surface area contributed by atoms with E-state index in [0.29, 0.717) is 20.7 Å². The molecule has 6 heteroatoms. The lowest BCUT2D eigenvalue weighted by Crippen LogP contribution is -2.06. The van der Waals surface area contributed by atoms with Crippen LogP contribution in [-0.4, -0.2) is 11.0 Å². The van der Waals surface area contributed by atoms with Crippen LogP contribution in [0.3, 0.4) is 0 Å². The second-order valence-electron chi connectivity index (χ2n) is 4.37. The summed E-state index contributed by atoms with van der Waals surface area (Å²) in [5.74, 6) is -0.138. The molecule has 0 saturated carbocycles. The van der Waals surface area contributed by atoms with E-state index >= 15 is 0 Å². The third kappa shape index (κ3) is 3.47. The number of ether oxygens (including phenoxy) is 1. The van der Waals surface area contributed by atoms with Crippen LogP contribution in [0.15, 0.2) is 54.7 Å². The molecule has 2 heterocycles. The molecule has 0 bridgehead atoms. The Morgan fingerprint density at radius 2 is 1.82 bits per heavy atom. The van der Waals surface area contributed by atoms with Gasteiger partial charge in [0.2, 0.25) is 0 Å². The smallest absolute Gasteiger partial charge is 0.353 e. The fourth-order valence-corrected chi connectivity index (χ4v) is 3.20. The molecule has 3 nitrogen and oxygen atoms in total. The van der Waals surface area contributed by atoms with Gasteiger partial charge in [0.25, 0.3) is 0 Å². The highest BCUT2D eigenvalue weighted by Gasteiger charge is 2.13. The normalized spacial score (nSPS) is 10.5. The van der Waals surface area contributed by atoms with Gasteiger partial charge in [-0.05, 0) is 42.5 Å². The summed E-state index contributed by atoms with van der Waals surface area (Å²) in [7, 11) is 0. The number of hydrogen-bond donors (Lipinski definition) is 0. The monoisotopic (exact) mass is 349 g/mol. The highest BCUT2D eigenvalue weighted by Crippen LogP contribution is 2.29. The van der Waals surface area contributed by atoms with Crippen LogP contribution < -0.4 is 4.74 Å². The molecule has 1 aromatic carbocycles. The van der Waals surface area contributed by atoms with Gasteiger partial charge in [-0.15, -0.1) is 11.3 Å². The number of carbonyl (C=O) groups is 1. The van der Waals surface area contributed by atoms with Crippen molar-refractivity contribution in [1.82, 2.24) is 4.98 Å². The van der Waals surface area contributed by atoms with Crippen molar-refractivity contribution >= 4 is 40.5 Å². The molecule has 3 rings (SSSR count). The molecule has 0 spiro atoms. The van der Waals surface area contributed by atoms with Gasteiger partial charge in [-0.3, -0.25) is 4.98 Å². The average Bonchev–Trinajstić information content (AvgIpc) is 2.97. The van der Waals surface area contributed by atoms with Crippen molar-refractivity contribution in [3.05, 3.63) is 69.7 Å². The number of halogens is 2. The number of esters is 1. The third-order valence-corrected chi connectivity index (χ3v) is 4.30. The van der Waals surface area contributed by atoms with Crippen molar-refractivity contribution in [2.75, 3.05) is 0 Å². The molecular weight excluding hydrogens is 341 g/mol. The van der Waals surface area contributed by atoms with E-state index in [2.05, 4.69) is 4.98 Å². The minimum atomic E-state index is -0.453. The molecule has 0 amide bonds. The first kappa shape index (κ1) is 15.0. The number of nitrogens with zero attached hydrogens (tertiary/aromatic N) is 1. The Labute approximate surface area is 141 Å². The van der Waals surface area contributed by atoms with Gasteiger partial charge >= 0.3 is 5.97 Å². The maximum atomic E-state index is 12.2. The van der Waals surface area contributed by atoms with Gasteiger partial charge in [0.15, 0.2) is 0 Å². The van der Waals surface area contributed by atoms with Crippen molar-refractivity contribution < 1.29 is 9.53 Å². The van der Waals surface area contributed by atoms with Crippen molar-refractivity contribution in [2.24, 2.45) is 0 Å². The minimum absolute atomic E-state index is 0.315. The quantitative estimate of drug-likeness (QED) is 0.473. The molecule has 0 fully saturated rings. The molecule has 110 valence electrons. The summed E-state index contributed by atoms with van der Waals surface area (Å²) in [4.78, 5) is 17.8. The van der Waals surface area contributed by atoms with Crippen LogP contribution in [0.2, 0.25) is 10.0 Å². The SMILES string of the molecule is O=C(Oc1cc(Cl)cc(Cl)c1)c1ccc(-c2ccccn2)s1. The highest BCUT2D eigenvalue weighted by molar-refractivity contribution is 7.17. The summed E-state index contributed by atoms with van der Waals surface area (Å²) in [5.41, 5.74) is 0.817. The summed E-state index contributed by atoms with van der Waals surface area (Å²) in [6.45, 7) is 0. The van der Waals surface area contributed by atoms with Crippen LogP contribution >= 0.6 is 34.5 Å². The first-order valence-electron chi connectivity index (χ1n) is 6.31. The zero-order valence-electron chi connectivity index (χ0n) is 11.1. The van der Waals surface area contributed by atoms with E-state index in [9.17, 15) is 4.79 Å². The van der Waals surface area contributed by atoms with E-state index < -0.39 is 5.97 Å². The number of rotatable bonds is 3. The third-order valence-electron chi connectivity index (χ3n) is 2.77. The molecule has 0 saturated heterocycles. The molecule has 0 aliphatic rings. The lowest BCUT2D eigenvalue weighted by Gasteiger charge is -2.03. The Balaban J connectivity index is 1.80. The lowest BCUT2D eigenvalue weighted by atomic mass is 10.3. The van der Waals surface area contributed by atoms with Gasteiger partial charge in [0, 0.05) is 16.2 Å². The van der Waals surface area contributed by atoms with Gasteiger partial charge in [0.1, 0.15) is 10.6 Å². The summed E-state index contributed by atoms with van der Waals surface area (Å²) < 4.78 is 5.29. The van der Waals surface area contributed by atoms with Crippen molar-refractivity contribution in [2.45, 2.75) is 0 Å². The standard InChI is InChI=1S/C16H9Cl2NO2S/c17-10-7-11(18)9-12(8-10)21-16(20)15-5-4-14(22-15)13-3-1-2-6-19-13/h1-9H. The molecule has 0 radical (unpaired) electrons. The number of thiophene rings is 1. The second-order valence-corrected chi connectivity index (χ2v) is 6.33. The Hall–Kier alpha value is -1.88. The van der Waals surface area contributed by atoms with Crippen molar-refractivity contribution in [3.8, 4) is 16.3 Å². The van der Waals surface area contributed by atoms with Crippen LogP contribution in [0.1, 0.15) is 9.67 Å². The zero-order valence-corrected chi connectivity index (χ0v) is 13.5. The predicted molar refractivity (Wildman–Crippen MR) is 89.0 cm³/mol. The summed E-state index contributed by atoms with van der Waals surface area (Å²) in [6, 6.07) is 13.8. The maximum Gasteiger partial charge on any atom is 0.353 e. The van der Waals surface area contributed by atoms with E-state index in [1.54, 1.807) is 30.5 Å². The zero-order chi connectivity index (χ0) is 15.5. The molecule has 0 unspecified atom stereocenters. The second kappa shape index (κ2) is 6.48. The van der Waals surface area contributed by atoms with Crippen LogP contribution in [0.5, 0.6) is 5.75 Å². The fraction of sp³-hybridized carbons (Fsp3) is 0. The van der Waals surface area contributed by atoms with Gasteiger partial charge in [-0.1, -0.05) is 29.3 Å². The van der Waals surface area contributed by atoms with Crippen molar-refractivity contribution in [3.63, 3.8) is 0 Å². The van der Waals surface area contributed by atoms with E-state index in [1.807, 2.05) is 24.3 Å². The lowest BCUT2D eigenvalue weighted by molar-refractivity contribution is 0.0740. The first-order valence-corrected chi connectivity index (χ1v) is 7.88. The van der Waals surface area contributed by atoms with E-state index in [0.717, 1.165) is 10.6 Å². The number of hydrogen-bond acceptors (Lipinski definition) is 4. The van der Waals surface area contributed by atoms with Gasteiger partial charge in [-0.2, -0.15) is 0 Å². The van der Waals surface area contributed by atoms with Crippen LogP contribution in [0, 0.1) is 0 Å². The number of aromatic nitrogens is 1. The molecule has 0 N–H and O–H groups in total. The molecule has 22 heavy (non-hydrogen) atoms. The van der Waals surface area contributed by atoms with E-state index in [4.69, 9.17) is 27.9 Å². The molecule has 2 aromatic heterocycles. The van der Waals surface area contributed by atoms with Gasteiger partial charge in [-0.25, -0.2) is 4.79 Å². The first-order chi connectivity index (χ1) is 10.6. The van der Waals surface area contributed by atoms with E-state index in [1.165, 1.54) is 11.3 Å². The van der Waals surface area contributed by atoms with Gasteiger partial charge in [0.05, 0.1) is 10.6 Å². The number of pyridine rings is 1. The predicted octanol–water partition coefficient (Wildman–Crippen LogP) is 5.34. The molecular formula is C16H9Cl2NO2S. The largest absolute Gasteiger partial charge is 0.422 e. The van der Waals surface area contributed by atoms with E-state index in [-0.39, 0.29) is 0 Å². The van der Waals surface area contributed by atoms with Crippen LogP contribution in [-0.2, 0) is 0 Å². The van der Waals surface area contributed by atoms with Crippen LogP contribution in [0.25, 0.3) is 10.6 Å². The molecule has 3 aromatic rings.